The van der Waals surface area contributed by atoms with E-state index < -0.39 is 0 Å². The number of hydrogen-bond donors (Lipinski definition) is 2. The highest BCUT2D eigenvalue weighted by Gasteiger charge is 2.31. The molecule has 3 rings (SSSR count). The van der Waals surface area contributed by atoms with E-state index in [4.69, 9.17) is 5.73 Å². The van der Waals surface area contributed by atoms with Gasteiger partial charge in [-0.05, 0) is 44.4 Å². The molecule has 3 heteroatoms. The molecule has 0 atom stereocenters. The Morgan fingerprint density at radius 1 is 1.24 bits per heavy atom. The fraction of sp³-hybridized carbons (Fsp3) is 0.357. The smallest absolute Gasteiger partial charge is 0.0426 e. The molecule has 0 aliphatic heterocycles. The molecule has 1 aliphatic rings. The SMILES string of the molecule is CC1(Nc2ccc(N)c3cnccc23)CCC1. The minimum absolute atomic E-state index is 0.256. The van der Waals surface area contributed by atoms with Crippen LogP contribution in [-0.4, -0.2) is 10.5 Å². The normalized spacial score (nSPS) is 17.7. The second kappa shape index (κ2) is 3.62. The van der Waals surface area contributed by atoms with Gasteiger partial charge in [0, 0.05) is 40.1 Å². The number of nitrogen functional groups attached to an aromatic ring is 1. The molecule has 17 heavy (non-hydrogen) atoms. The maximum atomic E-state index is 5.97. The average molecular weight is 227 g/mol. The summed E-state index contributed by atoms with van der Waals surface area (Å²) in [5.74, 6) is 0. The van der Waals surface area contributed by atoms with Crippen LogP contribution in [0.25, 0.3) is 10.8 Å². The number of anilines is 2. The zero-order valence-electron chi connectivity index (χ0n) is 10.0. The van der Waals surface area contributed by atoms with Crippen LogP contribution < -0.4 is 11.1 Å². The first-order valence-corrected chi connectivity index (χ1v) is 6.08. The first-order chi connectivity index (χ1) is 8.18. The summed E-state index contributed by atoms with van der Waals surface area (Å²) in [6, 6.07) is 6.05. The number of aromatic nitrogens is 1. The van der Waals surface area contributed by atoms with Gasteiger partial charge >= 0.3 is 0 Å². The van der Waals surface area contributed by atoms with Crippen molar-refractivity contribution in [3.05, 3.63) is 30.6 Å². The molecule has 0 unspecified atom stereocenters. The number of benzene rings is 1. The largest absolute Gasteiger partial charge is 0.398 e. The maximum Gasteiger partial charge on any atom is 0.0426 e. The van der Waals surface area contributed by atoms with Gasteiger partial charge in [0.25, 0.3) is 0 Å². The second-order valence-corrected chi connectivity index (χ2v) is 5.16. The summed E-state index contributed by atoms with van der Waals surface area (Å²) in [6.45, 7) is 2.28. The number of rotatable bonds is 2. The van der Waals surface area contributed by atoms with Crippen LogP contribution in [0.1, 0.15) is 26.2 Å². The van der Waals surface area contributed by atoms with Gasteiger partial charge in [-0.1, -0.05) is 0 Å². The van der Waals surface area contributed by atoms with E-state index in [0.717, 1.165) is 16.5 Å². The van der Waals surface area contributed by atoms with Crippen LogP contribution in [-0.2, 0) is 0 Å². The Labute approximate surface area is 101 Å². The van der Waals surface area contributed by atoms with Crippen LogP contribution in [0.3, 0.4) is 0 Å². The topological polar surface area (TPSA) is 50.9 Å². The molecule has 0 amide bonds. The van der Waals surface area contributed by atoms with Gasteiger partial charge in [-0.25, -0.2) is 0 Å². The summed E-state index contributed by atoms with van der Waals surface area (Å²) >= 11 is 0. The van der Waals surface area contributed by atoms with Crippen molar-refractivity contribution in [2.24, 2.45) is 0 Å². The van der Waals surface area contributed by atoms with E-state index in [1.54, 1.807) is 0 Å². The molecule has 2 aromatic rings. The van der Waals surface area contributed by atoms with E-state index in [-0.39, 0.29) is 5.54 Å². The number of nitrogens with zero attached hydrogens (tertiary/aromatic N) is 1. The lowest BCUT2D eigenvalue weighted by atomic mass is 9.78. The Morgan fingerprint density at radius 2 is 2.06 bits per heavy atom. The Kier molecular flexibility index (Phi) is 2.21. The highest BCUT2D eigenvalue weighted by molar-refractivity contribution is 6.00. The van der Waals surface area contributed by atoms with Crippen LogP contribution in [0.15, 0.2) is 30.6 Å². The van der Waals surface area contributed by atoms with Gasteiger partial charge < -0.3 is 11.1 Å². The van der Waals surface area contributed by atoms with E-state index in [1.165, 1.54) is 24.9 Å². The Bertz CT molecular complexity index is 558. The fourth-order valence-corrected chi connectivity index (χ4v) is 2.48. The Morgan fingerprint density at radius 3 is 2.76 bits per heavy atom. The van der Waals surface area contributed by atoms with Crippen LogP contribution in [0, 0.1) is 0 Å². The summed E-state index contributed by atoms with van der Waals surface area (Å²) in [5.41, 5.74) is 8.18. The molecular formula is C14H17N3. The molecule has 0 saturated heterocycles. The minimum atomic E-state index is 0.256. The molecular weight excluding hydrogens is 210 g/mol. The molecule has 3 N–H and O–H groups in total. The average Bonchev–Trinajstić information content (AvgIpc) is 2.31. The molecule has 0 radical (unpaired) electrons. The van der Waals surface area contributed by atoms with Crippen LogP contribution in [0.5, 0.6) is 0 Å². The van der Waals surface area contributed by atoms with Crippen molar-refractivity contribution in [3.63, 3.8) is 0 Å². The number of hydrogen-bond acceptors (Lipinski definition) is 3. The number of nitrogens with one attached hydrogen (secondary N) is 1. The summed E-state index contributed by atoms with van der Waals surface area (Å²) < 4.78 is 0. The number of fused-ring (bicyclic) bond motifs is 1. The molecule has 0 spiro atoms. The molecule has 3 nitrogen and oxygen atoms in total. The van der Waals surface area contributed by atoms with Crippen LogP contribution >= 0.6 is 0 Å². The van der Waals surface area contributed by atoms with E-state index in [9.17, 15) is 0 Å². The van der Waals surface area contributed by atoms with Crippen molar-refractivity contribution >= 4 is 22.1 Å². The van der Waals surface area contributed by atoms with Crippen molar-refractivity contribution in [1.29, 1.82) is 0 Å². The zero-order valence-corrected chi connectivity index (χ0v) is 10.0. The van der Waals surface area contributed by atoms with Crippen molar-refractivity contribution < 1.29 is 0 Å². The molecule has 88 valence electrons. The lowest BCUT2D eigenvalue weighted by molar-refractivity contribution is 0.307. The minimum Gasteiger partial charge on any atom is -0.398 e. The monoisotopic (exact) mass is 227 g/mol. The van der Waals surface area contributed by atoms with Crippen LogP contribution in [0.2, 0.25) is 0 Å². The van der Waals surface area contributed by atoms with Gasteiger partial charge in [-0.2, -0.15) is 0 Å². The quantitative estimate of drug-likeness (QED) is 0.775. The fourth-order valence-electron chi connectivity index (χ4n) is 2.48. The summed E-state index contributed by atoms with van der Waals surface area (Å²) in [7, 11) is 0. The molecule has 1 saturated carbocycles. The molecule has 1 heterocycles. The third-order valence-corrected chi connectivity index (χ3v) is 3.75. The first-order valence-electron chi connectivity index (χ1n) is 6.08. The predicted molar refractivity (Wildman–Crippen MR) is 72.0 cm³/mol. The van der Waals surface area contributed by atoms with Crippen molar-refractivity contribution in [1.82, 2.24) is 4.98 Å². The van der Waals surface area contributed by atoms with E-state index >= 15 is 0 Å². The highest BCUT2D eigenvalue weighted by atomic mass is 15.0. The van der Waals surface area contributed by atoms with Gasteiger partial charge in [-0.3, -0.25) is 4.98 Å². The van der Waals surface area contributed by atoms with E-state index in [0.29, 0.717) is 0 Å². The summed E-state index contributed by atoms with van der Waals surface area (Å²) in [5, 5.41) is 5.83. The highest BCUT2D eigenvalue weighted by Crippen LogP contribution is 2.37. The van der Waals surface area contributed by atoms with Gasteiger partial charge in [0.2, 0.25) is 0 Å². The molecule has 1 aromatic heterocycles. The third kappa shape index (κ3) is 1.71. The number of nitrogens with two attached hydrogens (primary N) is 1. The van der Waals surface area contributed by atoms with Crippen LogP contribution in [0.4, 0.5) is 11.4 Å². The summed E-state index contributed by atoms with van der Waals surface area (Å²) in [4.78, 5) is 4.14. The van der Waals surface area contributed by atoms with Gasteiger partial charge in [-0.15, -0.1) is 0 Å². The zero-order chi connectivity index (χ0) is 11.9. The molecule has 1 aromatic carbocycles. The Hall–Kier alpha value is -1.77. The maximum absolute atomic E-state index is 5.97. The summed E-state index contributed by atoms with van der Waals surface area (Å²) in [6.07, 6.45) is 7.45. The lowest BCUT2D eigenvalue weighted by Gasteiger charge is -2.40. The van der Waals surface area contributed by atoms with Crippen molar-refractivity contribution in [3.8, 4) is 0 Å². The Balaban J connectivity index is 2.07. The molecule has 1 fully saturated rings. The third-order valence-electron chi connectivity index (χ3n) is 3.75. The number of pyridine rings is 1. The standard InChI is InChI=1S/C14H17N3/c1-14(6-2-7-14)17-13-4-3-12(15)11-9-16-8-5-10(11)13/h3-5,8-9,17H,2,6-7,15H2,1H3. The van der Waals surface area contributed by atoms with Gasteiger partial charge in [0.1, 0.15) is 0 Å². The lowest BCUT2D eigenvalue weighted by Crippen LogP contribution is -2.41. The predicted octanol–water partition coefficient (Wildman–Crippen LogP) is 3.17. The van der Waals surface area contributed by atoms with Crippen molar-refractivity contribution in [2.45, 2.75) is 31.7 Å². The molecule has 1 aliphatic carbocycles. The van der Waals surface area contributed by atoms with Crippen molar-refractivity contribution in [2.75, 3.05) is 11.1 Å². The second-order valence-electron chi connectivity index (χ2n) is 5.16. The van der Waals surface area contributed by atoms with E-state index in [2.05, 4.69) is 23.3 Å². The van der Waals surface area contributed by atoms with Gasteiger partial charge in [0.05, 0.1) is 0 Å². The molecule has 0 bridgehead atoms. The first kappa shape index (κ1) is 10.4. The van der Waals surface area contributed by atoms with E-state index in [1.807, 2.05) is 24.5 Å². The van der Waals surface area contributed by atoms with Gasteiger partial charge in [0.15, 0.2) is 0 Å².